The lowest BCUT2D eigenvalue weighted by Crippen LogP contribution is -2.38. The van der Waals surface area contributed by atoms with E-state index in [0.29, 0.717) is 20.9 Å². The molecule has 1 amide bonds. The Morgan fingerprint density at radius 2 is 1.69 bits per heavy atom. The van der Waals surface area contributed by atoms with Crippen molar-refractivity contribution in [3.63, 3.8) is 0 Å². The number of rotatable bonds is 6. The Labute approximate surface area is 183 Å². The quantitative estimate of drug-likeness (QED) is 0.510. The van der Waals surface area contributed by atoms with Crippen LogP contribution in [0.4, 0.5) is 11.4 Å². The van der Waals surface area contributed by atoms with Crippen molar-refractivity contribution < 1.29 is 13.2 Å². The molecule has 0 heterocycles. The number of nitrogens with one attached hydrogen (secondary N) is 1. The Morgan fingerprint density at radius 1 is 1.03 bits per heavy atom. The molecule has 0 aliphatic rings. The predicted octanol–water partition coefficient (Wildman–Crippen LogP) is 5.24. The van der Waals surface area contributed by atoms with Gasteiger partial charge in [-0.25, -0.2) is 8.42 Å². The highest BCUT2D eigenvalue weighted by atomic mass is 79.9. The molecule has 1 N–H and O–H groups in total. The van der Waals surface area contributed by atoms with Gasteiger partial charge in [0.2, 0.25) is 5.91 Å². The van der Waals surface area contributed by atoms with Gasteiger partial charge in [0.25, 0.3) is 10.0 Å². The van der Waals surface area contributed by atoms with Crippen LogP contribution < -0.4 is 9.62 Å². The summed E-state index contributed by atoms with van der Waals surface area (Å²) in [6.45, 7) is 1.50. The molecule has 8 heteroatoms. The van der Waals surface area contributed by atoms with E-state index in [-0.39, 0.29) is 11.4 Å². The maximum Gasteiger partial charge on any atom is 0.264 e. The Bertz CT molecular complexity index is 1120. The lowest BCUT2D eigenvalue weighted by Gasteiger charge is -2.24. The zero-order valence-electron chi connectivity index (χ0n) is 15.5. The van der Waals surface area contributed by atoms with Gasteiger partial charge < -0.3 is 5.32 Å². The fraction of sp³-hybridized carbons (Fsp3) is 0.0952. The number of anilines is 2. The van der Waals surface area contributed by atoms with Crippen LogP contribution in [0, 0.1) is 6.92 Å². The topological polar surface area (TPSA) is 66.5 Å². The van der Waals surface area contributed by atoms with E-state index in [1.54, 1.807) is 60.7 Å². The second-order valence-corrected chi connectivity index (χ2v) is 9.46. The lowest BCUT2D eigenvalue weighted by atomic mass is 10.2. The zero-order valence-corrected chi connectivity index (χ0v) is 18.6. The van der Waals surface area contributed by atoms with Crippen molar-refractivity contribution in [1.82, 2.24) is 0 Å². The second-order valence-electron chi connectivity index (χ2n) is 6.34. The predicted molar refractivity (Wildman–Crippen MR) is 120 cm³/mol. The van der Waals surface area contributed by atoms with E-state index in [1.807, 2.05) is 6.92 Å². The minimum atomic E-state index is -3.93. The third-order valence-corrected chi connectivity index (χ3v) is 7.16. The Balaban J connectivity index is 1.91. The summed E-state index contributed by atoms with van der Waals surface area (Å²) >= 11 is 9.35. The molecule has 0 saturated heterocycles. The fourth-order valence-electron chi connectivity index (χ4n) is 2.65. The van der Waals surface area contributed by atoms with Gasteiger partial charge in [-0.15, -0.1) is 0 Å². The summed E-state index contributed by atoms with van der Waals surface area (Å²) in [4.78, 5) is 12.8. The summed E-state index contributed by atoms with van der Waals surface area (Å²) in [6.07, 6.45) is 0. The van der Waals surface area contributed by atoms with E-state index in [0.717, 1.165) is 9.87 Å². The minimum absolute atomic E-state index is 0.117. The van der Waals surface area contributed by atoms with Gasteiger partial charge in [0.1, 0.15) is 6.54 Å². The first-order chi connectivity index (χ1) is 13.8. The smallest absolute Gasteiger partial charge is 0.264 e. The Morgan fingerprint density at radius 3 is 2.31 bits per heavy atom. The highest BCUT2D eigenvalue weighted by Gasteiger charge is 2.27. The summed E-state index contributed by atoms with van der Waals surface area (Å²) < 4.78 is 28.3. The van der Waals surface area contributed by atoms with Crippen molar-refractivity contribution in [2.24, 2.45) is 0 Å². The van der Waals surface area contributed by atoms with Gasteiger partial charge in [-0.05, 0) is 65.3 Å². The number of amides is 1. The number of nitrogens with zero attached hydrogens (tertiary/aromatic N) is 1. The first kappa shape index (κ1) is 21.4. The number of hydrogen-bond acceptors (Lipinski definition) is 3. The zero-order chi connectivity index (χ0) is 21.0. The molecule has 29 heavy (non-hydrogen) atoms. The van der Waals surface area contributed by atoms with Gasteiger partial charge in [-0.3, -0.25) is 9.10 Å². The lowest BCUT2D eigenvalue weighted by molar-refractivity contribution is -0.114. The fourth-order valence-corrected chi connectivity index (χ4v) is 4.50. The minimum Gasteiger partial charge on any atom is -0.324 e. The van der Waals surface area contributed by atoms with Crippen LogP contribution in [-0.2, 0) is 14.8 Å². The van der Waals surface area contributed by atoms with E-state index in [1.165, 1.54) is 12.1 Å². The number of benzene rings is 3. The van der Waals surface area contributed by atoms with Crippen molar-refractivity contribution in [3.8, 4) is 0 Å². The van der Waals surface area contributed by atoms with Crippen LogP contribution in [0.3, 0.4) is 0 Å². The van der Waals surface area contributed by atoms with Gasteiger partial charge in [-0.1, -0.05) is 47.5 Å². The highest BCUT2D eigenvalue weighted by Crippen LogP contribution is 2.26. The number of carbonyl (C=O) groups excluding carboxylic acids is 1. The van der Waals surface area contributed by atoms with Gasteiger partial charge in [0.05, 0.1) is 15.6 Å². The van der Waals surface area contributed by atoms with Crippen molar-refractivity contribution in [2.45, 2.75) is 11.8 Å². The molecule has 5 nitrogen and oxygen atoms in total. The number of sulfonamides is 1. The van der Waals surface area contributed by atoms with Crippen LogP contribution in [0.15, 0.2) is 82.2 Å². The van der Waals surface area contributed by atoms with Crippen molar-refractivity contribution >= 4 is 54.8 Å². The molecule has 0 unspecified atom stereocenters. The molecule has 0 saturated carbocycles. The van der Waals surface area contributed by atoms with E-state index in [4.69, 9.17) is 11.6 Å². The highest BCUT2D eigenvalue weighted by molar-refractivity contribution is 9.10. The van der Waals surface area contributed by atoms with Crippen molar-refractivity contribution in [2.75, 3.05) is 16.2 Å². The molecule has 150 valence electrons. The number of halogens is 2. The van der Waals surface area contributed by atoms with Gasteiger partial charge in [0, 0.05) is 10.2 Å². The standard InChI is InChI=1S/C21H18BrClN2O3S/c1-15-7-10-18(11-8-15)29(27,28)25(17-5-3-2-4-6-17)14-21(26)24-16-9-12-19(22)20(23)13-16/h2-13H,14H2,1H3,(H,24,26). The summed E-state index contributed by atoms with van der Waals surface area (Å²) in [7, 11) is -3.93. The molecular formula is C21H18BrClN2O3S. The average Bonchev–Trinajstić information content (AvgIpc) is 2.70. The number of carbonyl (C=O) groups is 1. The molecule has 3 rings (SSSR count). The van der Waals surface area contributed by atoms with Crippen LogP contribution in [-0.4, -0.2) is 20.9 Å². The number of hydrogen-bond donors (Lipinski definition) is 1. The van der Waals surface area contributed by atoms with E-state index < -0.39 is 15.9 Å². The van der Waals surface area contributed by atoms with Crippen LogP contribution in [0.1, 0.15) is 5.56 Å². The number of aryl methyl sites for hydroxylation is 1. The third kappa shape index (κ3) is 5.18. The van der Waals surface area contributed by atoms with Crippen molar-refractivity contribution in [3.05, 3.63) is 87.9 Å². The molecule has 0 fully saturated rings. The molecule has 0 aliphatic carbocycles. The van der Waals surface area contributed by atoms with E-state index in [2.05, 4.69) is 21.2 Å². The first-order valence-corrected chi connectivity index (χ1v) is 11.3. The van der Waals surface area contributed by atoms with Gasteiger partial charge in [-0.2, -0.15) is 0 Å². The van der Waals surface area contributed by atoms with E-state index >= 15 is 0 Å². The molecule has 0 atom stereocenters. The van der Waals surface area contributed by atoms with E-state index in [9.17, 15) is 13.2 Å². The average molecular weight is 494 g/mol. The summed E-state index contributed by atoms with van der Waals surface area (Å²) in [5.41, 5.74) is 1.82. The largest absolute Gasteiger partial charge is 0.324 e. The van der Waals surface area contributed by atoms with Gasteiger partial charge in [0.15, 0.2) is 0 Å². The Hall–Kier alpha value is -2.35. The second kappa shape index (κ2) is 8.98. The molecular weight excluding hydrogens is 476 g/mol. The maximum atomic E-state index is 13.2. The third-order valence-electron chi connectivity index (χ3n) is 4.14. The SMILES string of the molecule is Cc1ccc(S(=O)(=O)N(CC(=O)Nc2ccc(Br)c(Cl)c2)c2ccccc2)cc1. The van der Waals surface area contributed by atoms with Crippen LogP contribution in [0.25, 0.3) is 0 Å². The summed E-state index contributed by atoms with van der Waals surface area (Å²) in [6, 6.07) is 20.0. The van der Waals surface area contributed by atoms with Crippen molar-refractivity contribution in [1.29, 1.82) is 0 Å². The molecule has 0 bridgehead atoms. The molecule has 3 aromatic rings. The Kier molecular flexibility index (Phi) is 6.62. The maximum absolute atomic E-state index is 13.2. The molecule has 0 spiro atoms. The van der Waals surface area contributed by atoms with Crippen LogP contribution in [0.5, 0.6) is 0 Å². The normalized spacial score (nSPS) is 11.1. The van der Waals surface area contributed by atoms with Crippen LogP contribution in [0.2, 0.25) is 5.02 Å². The summed E-state index contributed by atoms with van der Waals surface area (Å²) in [5.74, 6) is -0.483. The monoisotopic (exact) mass is 492 g/mol. The molecule has 0 radical (unpaired) electrons. The first-order valence-electron chi connectivity index (χ1n) is 8.67. The number of para-hydroxylation sites is 1. The molecule has 0 aliphatic heterocycles. The van der Waals surface area contributed by atoms with Crippen LogP contribution >= 0.6 is 27.5 Å². The van der Waals surface area contributed by atoms with Gasteiger partial charge >= 0.3 is 0 Å². The summed E-state index contributed by atoms with van der Waals surface area (Å²) in [5, 5.41) is 3.13. The molecule has 3 aromatic carbocycles. The molecule has 0 aromatic heterocycles.